The summed E-state index contributed by atoms with van der Waals surface area (Å²) >= 11 is 0. The highest BCUT2D eigenvalue weighted by Gasteiger charge is 2.21. The van der Waals surface area contributed by atoms with Crippen LogP contribution in [0.1, 0.15) is 0 Å². The lowest BCUT2D eigenvalue weighted by Gasteiger charge is -2.15. The van der Waals surface area contributed by atoms with Crippen molar-refractivity contribution in [3.8, 4) is 34.0 Å². The Hall–Kier alpha value is -7.04. The molecule has 0 spiro atoms. The van der Waals surface area contributed by atoms with Crippen LogP contribution in [0.25, 0.3) is 99.3 Å². The van der Waals surface area contributed by atoms with E-state index in [0.29, 0.717) is 0 Å². The zero-order valence-corrected chi connectivity index (χ0v) is 28.1. The molecule has 11 rings (SSSR count). The molecule has 0 saturated carbocycles. The summed E-state index contributed by atoms with van der Waals surface area (Å²) in [6, 6.07) is 64.8. The van der Waals surface area contributed by atoms with Gasteiger partial charge in [0.05, 0.1) is 39.0 Å². The van der Waals surface area contributed by atoms with E-state index in [9.17, 15) is 0 Å². The fourth-order valence-electron chi connectivity index (χ4n) is 8.23. The molecule has 0 aliphatic carbocycles. The van der Waals surface area contributed by atoms with Crippen molar-refractivity contribution in [3.63, 3.8) is 0 Å². The van der Waals surface area contributed by atoms with E-state index in [1.807, 2.05) is 12.1 Å². The van der Waals surface area contributed by atoms with Crippen LogP contribution in [0.3, 0.4) is 0 Å². The molecule has 3 aromatic heterocycles. The Kier molecular flexibility index (Phi) is 6.22. The molecular weight excluding hydrogens is 633 g/mol. The van der Waals surface area contributed by atoms with Gasteiger partial charge in [0.25, 0.3) is 0 Å². The average Bonchev–Trinajstić information content (AvgIpc) is 3.71. The largest absolute Gasteiger partial charge is 0.309 e. The van der Waals surface area contributed by atoms with E-state index >= 15 is 0 Å². The SMILES string of the molecule is c1ccc(-c2nc(-c3ccc(-n4c5ccccc5c5cc6c7ccccc7n(-c7ccccc7)c6cc54)c4ccccc34)nc3ccccc23)cc1. The molecular formula is C48H30N4. The van der Waals surface area contributed by atoms with Gasteiger partial charge in [-0.05, 0) is 60.0 Å². The van der Waals surface area contributed by atoms with Gasteiger partial charge < -0.3 is 9.13 Å². The van der Waals surface area contributed by atoms with Crippen LogP contribution < -0.4 is 0 Å². The summed E-state index contributed by atoms with van der Waals surface area (Å²) in [4.78, 5) is 10.4. The number of aromatic nitrogens is 4. The molecule has 0 radical (unpaired) electrons. The van der Waals surface area contributed by atoms with Gasteiger partial charge in [0.1, 0.15) is 0 Å². The van der Waals surface area contributed by atoms with Crippen LogP contribution >= 0.6 is 0 Å². The fraction of sp³-hybridized carbons (Fsp3) is 0. The minimum Gasteiger partial charge on any atom is -0.309 e. The summed E-state index contributed by atoms with van der Waals surface area (Å²) in [5.41, 5.74) is 10.9. The quantitative estimate of drug-likeness (QED) is 0.188. The first-order valence-corrected chi connectivity index (χ1v) is 17.7. The van der Waals surface area contributed by atoms with Crippen LogP contribution in [0.15, 0.2) is 182 Å². The summed E-state index contributed by atoms with van der Waals surface area (Å²) in [5.74, 6) is 0.719. The molecule has 0 saturated heterocycles. The molecule has 0 aliphatic rings. The second-order valence-corrected chi connectivity index (χ2v) is 13.4. The smallest absolute Gasteiger partial charge is 0.161 e. The predicted molar refractivity (Wildman–Crippen MR) is 217 cm³/mol. The van der Waals surface area contributed by atoms with E-state index in [4.69, 9.17) is 9.97 Å². The van der Waals surface area contributed by atoms with E-state index in [2.05, 4.69) is 179 Å². The van der Waals surface area contributed by atoms with Gasteiger partial charge in [0.2, 0.25) is 0 Å². The molecule has 11 aromatic rings. The second kappa shape index (κ2) is 11.2. The molecule has 8 aromatic carbocycles. The minimum atomic E-state index is 0.719. The number of nitrogens with zero attached hydrogens (tertiary/aromatic N) is 4. The van der Waals surface area contributed by atoms with Gasteiger partial charge in [-0.3, -0.25) is 0 Å². The lowest BCUT2D eigenvalue weighted by Crippen LogP contribution is -1.99. The molecule has 3 heterocycles. The van der Waals surface area contributed by atoms with Crippen molar-refractivity contribution in [2.45, 2.75) is 0 Å². The maximum atomic E-state index is 5.26. The van der Waals surface area contributed by atoms with Crippen LogP contribution in [-0.4, -0.2) is 19.1 Å². The van der Waals surface area contributed by atoms with Crippen LogP contribution in [0, 0.1) is 0 Å². The zero-order chi connectivity index (χ0) is 34.2. The third-order valence-electron chi connectivity index (χ3n) is 10.5. The number of benzene rings is 8. The molecule has 0 aliphatic heterocycles. The number of para-hydroxylation sites is 4. The third kappa shape index (κ3) is 4.21. The standard InChI is InChI=1S/C48H30N4/c1-3-15-31(16-4-1)47-38-23-9-12-24-41(38)49-48(50-47)37-27-28-44(34-20-8-7-19-33(34)37)52-43-26-14-11-22-36(43)40-29-39-35-21-10-13-25-42(35)51(45(39)30-46(40)52)32-17-5-2-6-18-32/h1-30H. The first-order chi connectivity index (χ1) is 25.8. The predicted octanol–water partition coefficient (Wildman–Crippen LogP) is 12.3. The van der Waals surface area contributed by atoms with Crippen LogP contribution in [0.2, 0.25) is 0 Å². The molecule has 4 nitrogen and oxygen atoms in total. The van der Waals surface area contributed by atoms with Crippen molar-refractivity contribution in [2.75, 3.05) is 0 Å². The maximum absolute atomic E-state index is 5.26. The maximum Gasteiger partial charge on any atom is 0.161 e. The van der Waals surface area contributed by atoms with Crippen molar-refractivity contribution in [1.82, 2.24) is 19.1 Å². The first-order valence-electron chi connectivity index (χ1n) is 17.7. The summed E-state index contributed by atoms with van der Waals surface area (Å²) < 4.78 is 4.84. The molecule has 0 unspecified atom stereocenters. The summed E-state index contributed by atoms with van der Waals surface area (Å²) in [5, 5.41) is 8.26. The Morgan fingerprint density at radius 3 is 1.63 bits per heavy atom. The average molecular weight is 663 g/mol. The molecule has 0 bridgehead atoms. The van der Waals surface area contributed by atoms with E-state index in [1.165, 1.54) is 43.6 Å². The molecule has 0 N–H and O–H groups in total. The fourth-order valence-corrected chi connectivity index (χ4v) is 8.23. The highest BCUT2D eigenvalue weighted by Crippen LogP contribution is 2.42. The van der Waals surface area contributed by atoms with Crippen molar-refractivity contribution < 1.29 is 0 Å². The second-order valence-electron chi connectivity index (χ2n) is 13.4. The summed E-state index contributed by atoms with van der Waals surface area (Å²) in [6.07, 6.45) is 0. The van der Waals surface area contributed by atoms with Crippen molar-refractivity contribution in [1.29, 1.82) is 0 Å². The Bertz CT molecular complexity index is 3170. The molecule has 0 atom stereocenters. The van der Waals surface area contributed by atoms with Crippen LogP contribution in [0.4, 0.5) is 0 Å². The van der Waals surface area contributed by atoms with E-state index in [1.54, 1.807) is 0 Å². The van der Waals surface area contributed by atoms with Gasteiger partial charge in [-0.1, -0.05) is 127 Å². The van der Waals surface area contributed by atoms with Gasteiger partial charge in [0, 0.05) is 49.1 Å². The lowest BCUT2D eigenvalue weighted by atomic mass is 10.0. The highest BCUT2D eigenvalue weighted by atomic mass is 15.0. The first kappa shape index (κ1) is 28.8. The highest BCUT2D eigenvalue weighted by molar-refractivity contribution is 6.20. The molecule has 0 amide bonds. The Morgan fingerprint density at radius 2 is 0.904 bits per heavy atom. The molecule has 0 fully saturated rings. The zero-order valence-electron chi connectivity index (χ0n) is 28.1. The monoisotopic (exact) mass is 662 g/mol. The summed E-state index contributed by atoms with van der Waals surface area (Å²) in [7, 11) is 0. The molecule has 4 heteroatoms. The normalized spacial score (nSPS) is 11.8. The minimum absolute atomic E-state index is 0.719. The topological polar surface area (TPSA) is 35.6 Å². The van der Waals surface area contributed by atoms with E-state index in [-0.39, 0.29) is 0 Å². The van der Waals surface area contributed by atoms with Gasteiger partial charge in [0.15, 0.2) is 5.82 Å². The number of hydrogen-bond donors (Lipinski definition) is 0. The van der Waals surface area contributed by atoms with Gasteiger partial charge in [-0.2, -0.15) is 0 Å². The lowest BCUT2D eigenvalue weighted by molar-refractivity contribution is 1.17. The number of hydrogen-bond acceptors (Lipinski definition) is 2. The van der Waals surface area contributed by atoms with E-state index in [0.717, 1.165) is 55.7 Å². The van der Waals surface area contributed by atoms with Gasteiger partial charge in [-0.15, -0.1) is 0 Å². The van der Waals surface area contributed by atoms with Crippen molar-refractivity contribution in [3.05, 3.63) is 182 Å². The Balaban J connectivity index is 1.20. The van der Waals surface area contributed by atoms with Crippen molar-refractivity contribution >= 4 is 65.3 Å². The molecule has 52 heavy (non-hydrogen) atoms. The molecule has 242 valence electrons. The van der Waals surface area contributed by atoms with E-state index < -0.39 is 0 Å². The Labute approximate surface area is 299 Å². The van der Waals surface area contributed by atoms with Crippen molar-refractivity contribution in [2.24, 2.45) is 0 Å². The Morgan fingerprint density at radius 1 is 0.346 bits per heavy atom. The number of fused-ring (bicyclic) bond motifs is 8. The van der Waals surface area contributed by atoms with Gasteiger partial charge in [-0.25, -0.2) is 9.97 Å². The van der Waals surface area contributed by atoms with Crippen LogP contribution in [-0.2, 0) is 0 Å². The third-order valence-corrected chi connectivity index (χ3v) is 10.5. The summed E-state index contributed by atoms with van der Waals surface area (Å²) in [6.45, 7) is 0. The number of rotatable bonds is 4. The van der Waals surface area contributed by atoms with Gasteiger partial charge >= 0.3 is 0 Å². The van der Waals surface area contributed by atoms with Crippen LogP contribution in [0.5, 0.6) is 0 Å².